The molecule has 0 radical (unpaired) electrons. The number of aliphatic hydroxyl groups is 1. The van der Waals surface area contributed by atoms with Gasteiger partial charge in [-0.3, -0.25) is 14.5 Å². The molecule has 44 heavy (non-hydrogen) atoms. The lowest BCUT2D eigenvalue weighted by atomic mass is 9.72. The highest BCUT2D eigenvalue weighted by Crippen LogP contribution is 2.39. The number of rotatable bonds is 9. The van der Waals surface area contributed by atoms with E-state index >= 15 is 0 Å². The minimum atomic E-state index is -3.36. The van der Waals surface area contributed by atoms with Crippen molar-refractivity contribution < 1.29 is 23.1 Å². The van der Waals surface area contributed by atoms with E-state index in [2.05, 4.69) is 15.5 Å². The van der Waals surface area contributed by atoms with Gasteiger partial charge in [0.1, 0.15) is 0 Å². The predicted octanol–water partition coefficient (Wildman–Crippen LogP) is 4.18. The molecular formula is C35H49N3O5S. The summed E-state index contributed by atoms with van der Waals surface area (Å²) in [6, 6.07) is 16.1. The van der Waals surface area contributed by atoms with Gasteiger partial charge in [0, 0.05) is 24.5 Å². The second kappa shape index (κ2) is 13.7. The number of aliphatic hydroxyl groups excluding tert-OH is 1. The molecule has 2 aliphatic heterocycles. The van der Waals surface area contributed by atoms with Crippen molar-refractivity contribution in [3.05, 3.63) is 71.3 Å². The van der Waals surface area contributed by atoms with E-state index < -0.39 is 27.9 Å². The number of carbonyl (C=O) groups is 2. The molecule has 2 fully saturated rings. The summed E-state index contributed by atoms with van der Waals surface area (Å²) in [7, 11) is -3.36. The molecule has 0 spiro atoms. The number of hydrogen-bond donors (Lipinski definition) is 3. The van der Waals surface area contributed by atoms with Gasteiger partial charge in [0.25, 0.3) is 0 Å². The fraction of sp³-hybridized carbons (Fsp3) is 0.600. The molecular weight excluding hydrogens is 574 g/mol. The number of sulfone groups is 1. The van der Waals surface area contributed by atoms with Crippen LogP contribution in [0.15, 0.2) is 54.6 Å². The Hall–Kier alpha value is -2.75. The summed E-state index contributed by atoms with van der Waals surface area (Å²) in [5.41, 5.74) is 2.17. The monoisotopic (exact) mass is 623 g/mol. The Bertz CT molecular complexity index is 1410. The van der Waals surface area contributed by atoms with Gasteiger partial charge >= 0.3 is 0 Å². The van der Waals surface area contributed by atoms with Crippen LogP contribution in [0.25, 0.3) is 0 Å². The average molecular weight is 624 g/mol. The van der Waals surface area contributed by atoms with Crippen LogP contribution in [-0.2, 0) is 31.6 Å². The molecule has 2 aromatic carbocycles. The predicted molar refractivity (Wildman–Crippen MR) is 172 cm³/mol. The van der Waals surface area contributed by atoms with E-state index in [1.165, 1.54) is 12.8 Å². The Kier molecular flexibility index (Phi) is 10.2. The van der Waals surface area contributed by atoms with Crippen LogP contribution < -0.4 is 10.6 Å². The van der Waals surface area contributed by atoms with Crippen molar-refractivity contribution in [1.29, 1.82) is 0 Å². The highest BCUT2D eigenvalue weighted by molar-refractivity contribution is 7.90. The van der Waals surface area contributed by atoms with Crippen LogP contribution in [-0.4, -0.2) is 66.8 Å². The first-order valence-electron chi connectivity index (χ1n) is 16.2. The minimum Gasteiger partial charge on any atom is -0.392 e. The average Bonchev–Trinajstić information content (AvgIpc) is 2.95. The maximum absolute atomic E-state index is 13.9. The van der Waals surface area contributed by atoms with Gasteiger partial charge in [-0.25, -0.2) is 8.42 Å². The number of fused-ring (bicyclic) bond motifs is 2. The second-order valence-corrected chi connectivity index (χ2v) is 16.4. The summed E-state index contributed by atoms with van der Waals surface area (Å²) >= 11 is 0. The number of piperidine rings is 1. The molecule has 2 heterocycles. The highest BCUT2D eigenvalue weighted by Gasteiger charge is 2.41. The van der Waals surface area contributed by atoms with Crippen LogP contribution in [0.1, 0.15) is 82.0 Å². The summed E-state index contributed by atoms with van der Waals surface area (Å²) in [5, 5.41) is 17.7. The van der Waals surface area contributed by atoms with Crippen molar-refractivity contribution >= 4 is 21.7 Å². The summed E-state index contributed by atoms with van der Waals surface area (Å²) in [5.74, 6) is 0.0479. The first-order valence-corrected chi connectivity index (χ1v) is 18.1. The van der Waals surface area contributed by atoms with Crippen molar-refractivity contribution in [2.24, 2.45) is 17.8 Å². The molecule has 1 saturated carbocycles. The highest BCUT2D eigenvalue weighted by atomic mass is 32.2. The van der Waals surface area contributed by atoms with Gasteiger partial charge in [-0.15, -0.1) is 0 Å². The standard InChI is InChI=1S/C35H49N3O5S/c1-35(2,3)37-34(41)32-19-25-13-7-8-14-26(25)20-38(32)21-29(39)18-28(17-24-11-5-4-6-12-24)33(40)36-31-23-44(42,43)22-27-15-9-10-16-30(27)31/h4-6,9-12,15-16,25-26,28-29,31-32,39H,7-8,13-14,17-23H2,1-3H3,(H,36,40)(H,37,41)/t25-,26+,28+,29-,31+,32-/m0/s1. The van der Waals surface area contributed by atoms with Gasteiger partial charge in [0.15, 0.2) is 9.84 Å². The second-order valence-electron chi connectivity index (χ2n) is 14.3. The van der Waals surface area contributed by atoms with E-state index in [-0.39, 0.29) is 41.3 Å². The zero-order valence-corrected chi connectivity index (χ0v) is 27.2. The summed E-state index contributed by atoms with van der Waals surface area (Å²) in [6.45, 7) is 7.04. The van der Waals surface area contributed by atoms with E-state index in [1.54, 1.807) is 6.07 Å². The van der Waals surface area contributed by atoms with Crippen LogP contribution in [0, 0.1) is 17.8 Å². The van der Waals surface area contributed by atoms with Crippen LogP contribution in [0.2, 0.25) is 0 Å². The summed E-state index contributed by atoms with van der Waals surface area (Å²) < 4.78 is 25.4. The number of carbonyl (C=O) groups excluding carboxylic acids is 2. The third-order valence-corrected chi connectivity index (χ3v) is 11.1. The summed E-state index contributed by atoms with van der Waals surface area (Å²) in [4.78, 5) is 29.5. The maximum atomic E-state index is 13.9. The van der Waals surface area contributed by atoms with E-state index in [0.29, 0.717) is 24.8 Å². The number of nitrogens with zero attached hydrogens (tertiary/aromatic N) is 1. The van der Waals surface area contributed by atoms with E-state index in [1.807, 2.05) is 69.3 Å². The quantitative estimate of drug-likeness (QED) is 0.386. The van der Waals surface area contributed by atoms with Crippen molar-refractivity contribution in [2.75, 3.05) is 18.8 Å². The molecule has 9 heteroatoms. The van der Waals surface area contributed by atoms with Crippen molar-refractivity contribution in [2.45, 2.75) is 95.2 Å². The molecule has 0 unspecified atom stereocenters. The molecule has 3 aliphatic rings. The number of amides is 2. The molecule has 0 aromatic heterocycles. The number of hydrogen-bond acceptors (Lipinski definition) is 6. The van der Waals surface area contributed by atoms with E-state index in [9.17, 15) is 23.1 Å². The molecule has 2 aromatic rings. The lowest BCUT2D eigenvalue weighted by Crippen LogP contribution is -2.58. The lowest BCUT2D eigenvalue weighted by Gasteiger charge is -2.46. The third-order valence-electron chi connectivity index (χ3n) is 9.54. The first-order chi connectivity index (χ1) is 20.9. The van der Waals surface area contributed by atoms with E-state index in [0.717, 1.165) is 42.5 Å². The number of likely N-dealkylation sites (tertiary alicyclic amines) is 1. The molecule has 5 rings (SSSR count). The SMILES string of the molecule is CC(C)(C)NC(=O)[C@@H]1C[C@@H]2CCCC[C@@H]2CN1C[C@@H](O)C[C@@H](Cc1ccccc1)C(=O)N[C@@H]1CS(=O)(=O)Cc2ccccc21. The smallest absolute Gasteiger partial charge is 0.237 e. The molecule has 1 saturated heterocycles. The Morgan fingerprint density at radius 2 is 1.68 bits per heavy atom. The Labute approximate surface area is 262 Å². The van der Waals surface area contributed by atoms with Crippen LogP contribution in [0.4, 0.5) is 0 Å². The first kappa shape index (κ1) is 32.6. The Morgan fingerprint density at radius 3 is 2.41 bits per heavy atom. The zero-order chi connectivity index (χ0) is 31.5. The topological polar surface area (TPSA) is 116 Å². The maximum Gasteiger partial charge on any atom is 0.237 e. The van der Waals surface area contributed by atoms with Gasteiger partial charge < -0.3 is 15.7 Å². The normalized spacial score (nSPS) is 26.5. The van der Waals surface area contributed by atoms with E-state index in [4.69, 9.17) is 0 Å². The van der Waals surface area contributed by atoms with Crippen molar-refractivity contribution in [3.63, 3.8) is 0 Å². The third kappa shape index (κ3) is 8.49. The van der Waals surface area contributed by atoms with Crippen LogP contribution in [0.3, 0.4) is 0 Å². The van der Waals surface area contributed by atoms with Crippen molar-refractivity contribution in [1.82, 2.24) is 15.5 Å². The summed E-state index contributed by atoms with van der Waals surface area (Å²) in [6.07, 6.45) is 5.31. The molecule has 1 aliphatic carbocycles. The Morgan fingerprint density at radius 1 is 1.00 bits per heavy atom. The Balaban J connectivity index is 1.33. The van der Waals surface area contributed by atoms with Gasteiger partial charge in [0.05, 0.1) is 29.7 Å². The molecule has 0 bridgehead atoms. The van der Waals surface area contributed by atoms with Crippen molar-refractivity contribution in [3.8, 4) is 0 Å². The minimum absolute atomic E-state index is 0.00414. The molecule has 240 valence electrons. The van der Waals surface area contributed by atoms with Gasteiger partial charge in [-0.2, -0.15) is 0 Å². The zero-order valence-electron chi connectivity index (χ0n) is 26.4. The van der Waals surface area contributed by atoms with Crippen LogP contribution in [0.5, 0.6) is 0 Å². The number of β-amino-alcohol motifs (C(OH)–C–C–N with tert-alkyl or cyclic N) is 1. The molecule has 2 amide bonds. The number of benzene rings is 2. The lowest BCUT2D eigenvalue weighted by molar-refractivity contribution is -0.133. The van der Waals surface area contributed by atoms with Crippen LogP contribution >= 0.6 is 0 Å². The molecule has 6 atom stereocenters. The fourth-order valence-electron chi connectivity index (χ4n) is 7.54. The molecule has 3 N–H and O–H groups in total. The van der Waals surface area contributed by atoms with Gasteiger partial charge in [0.2, 0.25) is 11.8 Å². The largest absolute Gasteiger partial charge is 0.392 e. The molecule has 8 nitrogen and oxygen atoms in total. The fourth-order valence-corrected chi connectivity index (χ4v) is 9.16. The van der Waals surface area contributed by atoms with Gasteiger partial charge in [-0.1, -0.05) is 73.9 Å². The van der Waals surface area contributed by atoms with Gasteiger partial charge in [-0.05, 0) is 75.0 Å². The number of nitrogens with one attached hydrogen (secondary N) is 2.